The third-order valence-electron chi connectivity index (χ3n) is 3.18. The Morgan fingerprint density at radius 1 is 1.44 bits per heavy atom. The molecule has 2 nitrogen and oxygen atoms in total. The Kier molecular flexibility index (Phi) is 3.62. The van der Waals surface area contributed by atoms with E-state index in [-0.39, 0.29) is 6.04 Å². The van der Waals surface area contributed by atoms with E-state index in [0.29, 0.717) is 5.78 Å². The van der Waals surface area contributed by atoms with Gasteiger partial charge in [0.2, 0.25) is 0 Å². The number of ketones is 1. The van der Waals surface area contributed by atoms with Gasteiger partial charge in [-0.05, 0) is 31.5 Å². The first-order valence-corrected chi connectivity index (χ1v) is 6.02. The van der Waals surface area contributed by atoms with Crippen molar-refractivity contribution in [3.8, 4) is 0 Å². The molecule has 0 N–H and O–H groups in total. The molecule has 1 aliphatic rings. The van der Waals surface area contributed by atoms with Gasteiger partial charge >= 0.3 is 0 Å². The summed E-state index contributed by atoms with van der Waals surface area (Å²) in [5, 5.41) is 0.778. The molecule has 0 aliphatic heterocycles. The maximum absolute atomic E-state index is 11.6. The van der Waals surface area contributed by atoms with Crippen molar-refractivity contribution in [3.63, 3.8) is 0 Å². The maximum atomic E-state index is 11.6. The summed E-state index contributed by atoms with van der Waals surface area (Å²) >= 11 is 6.10. The number of hydrogen-bond donors (Lipinski definition) is 0. The van der Waals surface area contributed by atoms with E-state index >= 15 is 0 Å². The Bertz CT molecular complexity index is 391. The van der Waals surface area contributed by atoms with Crippen LogP contribution in [-0.4, -0.2) is 23.8 Å². The van der Waals surface area contributed by atoms with Crippen LogP contribution >= 0.6 is 11.6 Å². The van der Waals surface area contributed by atoms with Crippen molar-refractivity contribution in [2.24, 2.45) is 0 Å². The lowest BCUT2D eigenvalue weighted by molar-refractivity contribution is -0.121. The zero-order valence-electron chi connectivity index (χ0n) is 9.45. The zero-order chi connectivity index (χ0) is 11.5. The summed E-state index contributed by atoms with van der Waals surface area (Å²) in [5.74, 6) is 0.370. The first-order valence-electron chi connectivity index (χ1n) is 5.65. The molecule has 0 radical (unpaired) electrons. The molecular formula is C13H16ClNO. The minimum absolute atomic E-state index is 0.0938. The van der Waals surface area contributed by atoms with E-state index < -0.39 is 0 Å². The van der Waals surface area contributed by atoms with Gasteiger partial charge in [0.05, 0.1) is 6.04 Å². The SMILES string of the molecule is CN(Cc1ccccc1Cl)C1CCCC1=O. The monoisotopic (exact) mass is 237 g/mol. The third kappa shape index (κ3) is 2.45. The maximum Gasteiger partial charge on any atom is 0.149 e. The molecule has 0 aromatic heterocycles. The molecular weight excluding hydrogens is 222 g/mol. The minimum atomic E-state index is 0.0938. The minimum Gasteiger partial charge on any atom is -0.298 e. The molecule has 0 spiro atoms. The normalized spacial score (nSPS) is 20.7. The number of carbonyl (C=O) groups excluding carboxylic acids is 1. The van der Waals surface area contributed by atoms with Crippen LogP contribution in [0.5, 0.6) is 0 Å². The van der Waals surface area contributed by atoms with E-state index in [1.807, 2.05) is 31.3 Å². The van der Waals surface area contributed by atoms with E-state index in [4.69, 9.17) is 11.6 Å². The van der Waals surface area contributed by atoms with Gasteiger partial charge in [0, 0.05) is 18.0 Å². The lowest BCUT2D eigenvalue weighted by atomic mass is 10.1. The predicted octanol–water partition coefficient (Wildman–Crippen LogP) is 2.89. The molecule has 2 rings (SSSR count). The molecule has 1 aromatic rings. The standard InChI is InChI=1S/C13H16ClNO/c1-15(12-7-4-8-13(12)16)9-10-5-2-3-6-11(10)14/h2-3,5-6,12H,4,7-9H2,1H3. The van der Waals surface area contributed by atoms with Crippen LogP contribution in [0.15, 0.2) is 24.3 Å². The average molecular weight is 238 g/mol. The van der Waals surface area contributed by atoms with Crippen LogP contribution in [0.1, 0.15) is 24.8 Å². The number of carbonyl (C=O) groups is 1. The fourth-order valence-corrected chi connectivity index (χ4v) is 2.46. The summed E-state index contributed by atoms with van der Waals surface area (Å²) in [4.78, 5) is 13.7. The highest BCUT2D eigenvalue weighted by molar-refractivity contribution is 6.31. The largest absolute Gasteiger partial charge is 0.298 e. The van der Waals surface area contributed by atoms with Gasteiger partial charge in [-0.2, -0.15) is 0 Å². The smallest absolute Gasteiger partial charge is 0.149 e. The number of Topliss-reactive ketones (excluding diaryl/α,β-unsaturated/α-hetero) is 1. The molecule has 0 bridgehead atoms. The van der Waals surface area contributed by atoms with Crippen molar-refractivity contribution in [2.75, 3.05) is 7.05 Å². The van der Waals surface area contributed by atoms with Gasteiger partial charge in [-0.3, -0.25) is 9.69 Å². The Balaban J connectivity index is 2.04. The van der Waals surface area contributed by atoms with Gasteiger partial charge in [0.15, 0.2) is 0 Å². The fourth-order valence-electron chi connectivity index (χ4n) is 2.27. The Morgan fingerprint density at radius 3 is 2.81 bits per heavy atom. The van der Waals surface area contributed by atoms with Gasteiger partial charge in [0.25, 0.3) is 0 Å². The fraction of sp³-hybridized carbons (Fsp3) is 0.462. The second-order valence-corrected chi connectivity index (χ2v) is 4.79. The topological polar surface area (TPSA) is 20.3 Å². The Hall–Kier alpha value is -0.860. The zero-order valence-corrected chi connectivity index (χ0v) is 10.2. The highest BCUT2D eigenvalue weighted by Crippen LogP contribution is 2.23. The number of likely N-dealkylation sites (N-methyl/N-ethyl adjacent to an activating group) is 1. The number of halogens is 1. The van der Waals surface area contributed by atoms with Crippen molar-refractivity contribution < 1.29 is 4.79 Å². The van der Waals surface area contributed by atoms with E-state index in [1.54, 1.807) is 0 Å². The second kappa shape index (κ2) is 4.98. The van der Waals surface area contributed by atoms with Crippen LogP contribution < -0.4 is 0 Å². The van der Waals surface area contributed by atoms with Crippen molar-refractivity contribution >= 4 is 17.4 Å². The summed E-state index contributed by atoms with van der Waals surface area (Å²) in [5.41, 5.74) is 1.09. The molecule has 1 aliphatic carbocycles. The number of hydrogen-bond acceptors (Lipinski definition) is 2. The lowest BCUT2D eigenvalue weighted by Gasteiger charge is -2.23. The predicted molar refractivity (Wildman–Crippen MR) is 65.6 cm³/mol. The van der Waals surface area contributed by atoms with Gasteiger partial charge in [-0.15, -0.1) is 0 Å². The third-order valence-corrected chi connectivity index (χ3v) is 3.55. The second-order valence-electron chi connectivity index (χ2n) is 4.38. The highest BCUT2D eigenvalue weighted by atomic mass is 35.5. The van der Waals surface area contributed by atoms with Gasteiger partial charge in [-0.1, -0.05) is 29.8 Å². The Morgan fingerprint density at radius 2 is 2.19 bits per heavy atom. The van der Waals surface area contributed by atoms with Crippen molar-refractivity contribution in [3.05, 3.63) is 34.9 Å². The molecule has 86 valence electrons. The molecule has 1 atom stereocenters. The summed E-state index contributed by atoms with van der Waals surface area (Å²) in [6.45, 7) is 0.746. The molecule has 0 saturated heterocycles. The molecule has 0 heterocycles. The van der Waals surface area contributed by atoms with Crippen LogP contribution in [0.3, 0.4) is 0 Å². The van der Waals surface area contributed by atoms with Crippen molar-refractivity contribution in [2.45, 2.75) is 31.8 Å². The van der Waals surface area contributed by atoms with Crippen LogP contribution in [-0.2, 0) is 11.3 Å². The number of nitrogens with zero attached hydrogens (tertiary/aromatic N) is 1. The average Bonchev–Trinajstić information content (AvgIpc) is 2.68. The molecule has 1 unspecified atom stereocenters. The molecule has 1 fully saturated rings. The molecule has 1 aromatic carbocycles. The van der Waals surface area contributed by atoms with E-state index in [2.05, 4.69) is 4.90 Å². The van der Waals surface area contributed by atoms with E-state index in [9.17, 15) is 4.79 Å². The van der Waals surface area contributed by atoms with Crippen LogP contribution in [0.25, 0.3) is 0 Å². The first kappa shape index (κ1) is 11.6. The first-order chi connectivity index (χ1) is 7.68. The van der Waals surface area contributed by atoms with Gasteiger partial charge < -0.3 is 0 Å². The summed E-state index contributed by atoms with van der Waals surface area (Å²) < 4.78 is 0. The summed E-state index contributed by atoms with van der Waals surface area (Å²) in [6, 6.07) is 7.90. The van der Waals surface area contributed by atoms with Crippen molar-refractivity contribution in [1.29, 1.82) is 0 Å². The van der Waals surface area contributed by atoms with E-state index in [1.165, 1.54) is 0 Å². The highest BCUT2D eigenvalue weighted by Gasteiger charge is 2.27. The lowest BCUT2D eigenvalue weighted by Crippen LogP contribution is -2.34. The molecule has 16 heavy (non-hydrogen) atoms. The van der Waals surface area contributed by atoms with Crippen LogP contribution in [0.2, 0.25) is 5.02 Å². The number of benzene rings is 1. The molecule has 3 heteroatoms. The van der Waals surface area contributed by atoms with Crippen LogP contribution in [0.4, 0.5) is 0 Å². The summed E-state index contributed by atoms with van der Waals surface area (Å²) in [6.07, 6.45) is 2.74. The Labute approximate surface area is 101 Å². The van der Waals surface area contributed by atoms with Crippen LogP contribution in [0, 0.1) is 0 Å². The van der Waals surface area contributed by atoms with Gasteiger partial charge in [-0.25, -0.2) is 0 Å². The van der Waals surface area contributed by atoms with Crippen molar-refractivity contribution in [1.82, 2.24) is 4.90 Å². The molecule has 1 saturated carbocycles. The van der Waals surface area contributed by atoms with Gasteiger partial charge in [0.1, 0.15) is 5.78 Å². The number of rotatable bonds is 3. The molecule has 0 amide bonds. The summed E-state index contributed by atoms with van der Waals surface area (Å²) in [7, 11) is 2.00. The quantitative estimate of drug-likeness (QED) is 0.806. The van der Waals surface area contributed by atoms with E-state index in [0.717, 1.165) is 36.4 Å².